The van der Waals surface area contributed by atoms with Crippen LogP contribution in [0.25, 0.3) is 11.1 Å². The molecular formula is C14H11Cl2N. The topological polar surface area (TPSA) is 12.4 Å². The Bertz CT molecular complexity index is 524. The minimum atomic E-state index is 0.615. The summed E-state index contributed by atoms with van der Waals surface area (Å²) >= 11 is 12.5. The fraction of sp³-hybridized carbons (Fsp3) is 0.0714. The maximum Gasteiger partial charge on any atom is 0.0655 e. The van der Waals surface area contributed by atoms with Crippen LogP contribution in [0.5, 0.6) is 0 Å². The summed E-state index contributed by atoms with van der Waals surface area (Å²) in [5.41, 5.74) is 2.63. The van der Waals surface area contributed by atoms with Gasteiger partial charge in [0.2, 0.25) is 0 Å². The van der Waals surface area contributed by atoms with Crippen molar-refractivity contribution in [3.8, 4) is 11.1 Å². The number of hydrogen-bond acceptors (Lipinski definition) is 1. The Labute approximate surface area is 111 Å². The second-order valence-corrected chi connectivity index (χ2v) is 4.35. The monoisotopic (exact) mass is 263 g/mol. The first-order valence-electron chi connectivity index (χ1n) is 5.25. The van der Waals surface area contributed by atoms with Gasteiger partial charge in [-0.2, -0.15) is 0 Å². The molecule has 0 fully saturated rings. The molecular weight excluding hydrogens is 253 g/mol. The van der Waals surface area contributed by atoms with Crippen molar-refractivity contribution in [3.63, 3.8) is 0 Å². The predicted octanol–water partition coefficient (Wildman–Crippen LogP) is 5.38. The molecule has 0 aliphatic carbocycles. The highest BCUT2D eigenvalue weighted by Gasteiger charge is 2.09. The first-order valence-corrected chi connectivity index (χ1v) is 6.01. The standard InChI is InChI=1S/C14H11Cl2N/c1-2-17-11-8-12(15)14(13(16)9-11)10-6-4-3-5-7-10/h2-9H,1H3/b17-2-. The van der Waals surface area contributed by atoms with Gasteiger partial charge in [-0.1, -0.05) is 53.5 Å². The number of aliphatic imine (C=N–C) groups is 1. The molecule has 0 aliphatic rings. The van der Waals surface area contributed by atoms with Crippen molar-refractivity contribution in [1.82, 2.24) is 0 Å². The van der Waals surface area contributed by atoms with Gasteiger partial charge in [-0.05, 0) is 24.6 Å². The van der Waals surface area contributed by atoms with Crippen molar-refractivity contribution >= 4 is 35.1 Å². The third-order valence-electron chi connectivity index (χ3n) is 2.37. The van der Waals surface area contributed by atoms with Crippen LogP contribution in [-0.2, 0) is 0 Å². The summed E-state index contributed by atoms with van der Waals surface area (Å²) in [6.45, 7) is 1.85. The maximum atomic E-state index is 6.25. The second-order valence-electron chi connectivity index (χ2n) is 3.54. The molecule has 3 heteroatoms. The van der Waals surface area contributed by atoms with Crippen molar-refractivity contribution in [1.29, 1.82) is 0 Å². The van der Waals surface area contributed by atoms with E-state index in [9.17, 15) is 0 Å². The Morgan fingerprint density at radius 2 is 1.59 bits per heavy atom. The quantitative estimate of drug-likeness (QED) is 0.645. The normalized spacial score (nSPS) is 11.0. The van der Waals surface area contributed by atoms with Crippen LogP contribution in [0.1, 0.15) is 6.92 Å². The molecule has 0 saturated carbocycles. The summed E-state index contributed by atoms with van der Waals surface area (Å²) in [7, 11) is 0. The van der Waals surface area contributed by atoms with Crippen LogP contribution < -0.4 is 0 Å². The SMILES string of the molecule is C/C=N\c1cc(Cl)c(-c2ccccc2)c(Cl)c1. The van der Waals surface area contributed by atoms with E-state index in [1.54, 1.807) is 6.21 Å². The van der Waals surface area contributed by atoms with Gasteiger partial charge < -0.3 is 0 Å². The smallest absolute Gasteiger partial charge is 0.0655 e. The van der Waals surface area contributed by atoms with Crippen molar-refractivity contribution < 1.29 is 0 Å². The molecule has 17 heavy (non-hydrogen) atoms. The van der Waals surface area contributed by atoms with E-state index in [1.807, 2.05) is 49.4 Å². The lowest BCUT2D eigenvalue weighted by molar-refractivity contribution is 1.52. The van der Waals surface area contributed by atoms with Gasteiger partial charge in [0.15, 0.2) is 0 Å². The van der Waals surface area contributed by atoms with Crippen LogP contribution >= 0.6 is 23.2 Å². The molecule has 0 radical (unpaired) electrons. The zero-order valence-corrected chi connectivity index (χ0v) is 10.8. The van der Waals surface area contributed by atoms with E-state index in [1.165, 1.54) is 0 Å². The van der Waals surface area contributed by atoms with Crippen LogP contribution in [-0.4, -0.2) is 6.21 Å². The number of hydrogen-bond donors (Lipinski definition) is 0. The maximum absolute atomic E-state index is 6.25. The van der Waals surface area contributed by atoms with Crippen LogP contribution in [0.15, 0.2) is 47.5 Å². The summed E-state index contributed by atoms with van der Waals surface area (Å²) in [6.07, 6.45) is 1.71. The third kappa shape index (κ3) is 2.68. The fourth-order valence-corrected chi connectivity index (χ4v) is 2.36. The Kier molecular flexibility index (Phi) is 3.82. The molecule has 2 aromatic rings. The van der Waals surface area contributed by atoms with Crippen LogP contribution in [0, 0.1) is 0 Å². The largest absolute Gasteiger partial charge is 0.261 e. The van der Waals surface area contributed by atoms with Gasteiger partial charge >= 0.3 is 0 Å². The highest BCUT2D eigenvalue weighted by Crippen LogP contribution is 2.37. The summed E-state index contributed by atoms with van der Waals surface area (Å²) in [4.78, 5) is 4.17. The van der Waals surface area contributed by atoms with Gasteiger partial charge in [-0.25, -0.2) is 0 Å². The Balaban J connectivity index is 2.57. The Morgan fingerprint density at radius 1 is 1.00 bits per heavy atom. The van der Waals surface area contributed by atoms with E-state index in [2.05, 4.69) is 4.99 Å². The molecule has 1 nitrogen and oxygen atoms in total. The zero-order chi connectivity index (χ0) is 12.3. The summed E-state index contributed by atoms with van der Waals surface area (Å²) in [6, 6.07) is 13.5. The molecule has 0 aromatic heterocycles. The summed E-state index contributed by atoms with van der Waals surface area (Å²) < 4.78 is 0. The molecule has 0 N–H and O–H groups in total. The molecule has 0 unspecified atom stereocenters. The van der Waals surface area contributed by atoms with Crippen molar-refractivity contribution in [2.75, 3.05) is 0 Å². The lowest BCUT2D eigenvalue weighted by atomic mass is 10.1. The van der Waals surface area contributed by atoms with Gasteiger partial charge in [0.25, 0.3) is 0 Å². The van der Waals surface area contributed by atoms with Gasteiger partial charge in [-0.3, -0.25) is 4.99 Å². The van der Waals surface area contributed by atoms with E-state index in [-0.39, 0.29) is 0 Å². The van der Waals surface area contributed by atoms with E-state index in [4.69, 9.17) is 23.2 Å². The molecule has 0 aliphatic heterocycles. The molecule has 86 valence electrons. The zero-order valence-electron chi connectivity index (χ0n) is 9.32. The van der Waals surface area contributed by atoms with E-state index in [0.717, 1.165) is 16.8 Å². The lowest BCUT2D eigenvalue weighted by Crippen LogP contribution is -1.81. The second kappa shape index (κ2) is 5.35. The molecule has 2 rings (SSSR count). The van der Waals surface area contributed by atoms with Gasteiger partial charge in [-0.15, -0.1) is 0 Å². The Hall–Kier alpha value is -1.31. The highest BCUT2D eigenvalue weighted by molar-refractivity contribution is 6.39. The first kappa shape index (κ1) is 12.2. The van der Waals surface area contributed by atoms with Crippen LogP contribution in [0.4, 0.5) is 5.69 Å². The van der Waals surface area contributed by atoms with Crippen molar-refractivity contribution in [3.05, 3.63) is 52.5 Å². The predicted molar refractivity (Wildman–Crippen MR) is 75.7 cm³/mol. The Morgan fingerprint density at radius 3 is 2.12 bits per heavy atom. The molecule has 0 heterocycles. The fourth-order valence-electron chi connectivity index (χ4n) is 1.66. The molecule has 0 amide bonds. The van der Waals surface area contributed by atoms with Crippen molar-refractivity contribution in [2.24, 2.45) is 4.99 Å². The van der Waals surface area contributed by atoms with E-state index in [0.29, 0.717) is 10.0 Å². The molecule has 0 bridgehead atoms. The first-order chi connectivity index (χ1) is 8.22. The number of rotatable bonds is 2. The van der Waals surface area contributed by atoms with Gasteiger partial charge in [0.1, 0.15) is 0 Å². The van der Waals surface area contributed by atoms with Crippen LogP contribution in [0.3, 0.4) is 0 Å². The van der Waals surface area contributed by atoms with Gasteiger partial charge in [0, 0.05) is 11.8 Å². The van der Waals surface area contributed by atoms with E-state index >= 15 is 0 Å². The number of nitrogens with zero attached hydrogens (tertiary/aromatic N) is 1. The molecule has 0 spiro atoms. The van der Waals surface area contributed by atoms with Crippen LogP contribution in [0.2, 0.25) is 10.0 Å². The molecule has 2 aromatic carbocycles. The highest BCUT2D eigenvalue weighted by atomic mass is 35.5. The molecule has 0 atom stereocenters. The third-order valence-corrected chi connectivity index (χ3v) is 2.96. The lowest BCUT2D eigenvalue weighted by Gasteiger charge is -2.08. The average Bonchev–Trinajstić information content (AvgIpc) is 2.30. The minimum absolute atomic E-state index is 0.615. The average molecular weight is 264 g/mol. The van der Waals surface area contributed by atoms with E-state index < -0.39 is 0 Å². The summed E-state index contributed by atoms with van der Waals surface area (Å²) in [5.74, 6) is 0. The van der Waals surface area contributed by atoms with Gasteiger partial charge in [0.05, 0.1) is 15.7 Å². The number of halogens is 2. The summed E-state index contributed by atoms with van der Waals surface area (Å²) in [5, 5.41) is 1.23. The molecule has 0 saturated heterocycles. The van der Waals surface area contributed by atoms with Crippen molar-refractivity contribution in [2.45, 2.75) is 6.92 Å². The number of benzene rings is 2. The minimum Gasteiger partial charge on any atom is -0.261 e.